The van der Waals surface area contributed by atoms with Gasteiger partial charge in [-0.05, 0) is 39.0 Å². The molecule has 0 aromatic carbocycles. The minimum atomic E-state index is -0.948. The number of hydrogen-bond donors (Lipinski definition) is 3. The lowest BCUT2D eigenvalue weighted by Gasteiger charge is -2.32. The van der Waals surface area contributed by atoms with Crippen LogP contribution in [0, 0.1) is 18.8 Å². The van der Waals surface area contributed by atoms with Gasteiger partial charge in [-0.2, -0.15) is 0 Å². The van der Waals surface area contributed by atoms with E-state index in [0.717, 1.165) is 12.1 Å². The van der Waals surface area contributed by atoms with Crippen molar-refractivity contribution in [1.82, 2.24) is 21.1 Å². The number of ketones is 1. The molecule has 1 aliphatic heterocycles. The zero-order valence-corrected chi connectivity index (χ0v) is 22.8. The molecule has 202 valence electrons. The summed E-state index contributed by atoms with van der Waals surface area (Å²) in [5.74, 6) is -0.103. The number of nitrogens with one attached hydrogen (secondary N) is 3. The van der Waals surface area contributed by atoms with Gasteiger partial charge in [0.25, 0.3) is 5.91 Å². The summed E-state index contributed by atoms with van der Waals surface area (Å²) in [5.41, 5.74) is 0.0745. The number of Topliss-reactive ketones (excluding diaryl/α,β-unsaturated/α-hetero) is 1. The van der Waals surface area contributed by atoms with E-state index in [2.05, 4.69) is 35.0 Å². The van der Waals surface area contributed by atoms with Gasteiger partial charge in [-0.15, -0.1) is 0 Å². The second-order valence-electron chi connectivity index (χ2n) is 10.1. The Morgan fingerprint density at radius 1 is 1.19 bits per heavy atom. The third-order valence-corrected chi connectivity index (χ3v) is 6.44. The SMILES string of the molecule is CC=C(N[C@@H](CC(C)C)C(=O)C1(C)CO1)[C@@H](NC(=O)[C@H](COC)NC(=O)c1cc(C)on1)C(C)CC. The Morgan fingerprint density at radius 2 is 1.86 bits per heavy atom. The summed E-state index contributed by atoms with van der Waals surface area (Å²) in [6.45, 7) is 14.0. The average Bonchev–Trinajstić information content (AvgIpc) is 3.44. The number of carbonyl (C=O) groups excluding carboxylic acids is 3. The van der Waals surface area contributed by atoms with Crippen molar-refractivity contribution < 1.29 is 28.4 Å². The zero-order chi connectivity index (χ0) is 27.0. The number of aromatic nitrogens is 1. The van der Waals surface area contributed by atoms with Crippen LogP contribution < -0.4 is 16.0 Å². The Balaban J connectivity index is 2.21. The Hall–Kier alpha value is -2.72. The van der Waals surface area contributed by atoms with Gasteiger partial charge in [0.05, 0.1) is 25.3 Å². The van der Waals surface area contributed by atoms with E-state index in [1.54, 1.807) is 6.92 Å². The lowest BCUT2D eigenvalue weighted by atomic mass is 9.90. The van der Waals surface area contributed by atoms with E-state index < -0.39 is 35.5 Å². The summed E-state index contributed by atoms with van der Waals surface area (Å²) in [7, 11) is 1.46. The number of amides is 2. The Labute approximate surface area is 213 Å². The van der Waals surface area contributed by atoms with E-state index in [0.29, 0.717) is 18.8 Å². The number of epoxide rings is 1. The number of ether oxygens (including phenoxy) is 2. The fraction of sp³-hybridized carbons (Fsp3) is 0.692. The highest BCUT2D eigenvalue weighted by Crippen LogP contribution is 2.30. The normalized spacial score (nSPS) is 20.9. The van der Waals surface area contributed by atoms with Crippen LogP contribution in [0.4, 0.5) is 0 Å². The maximum absolute atomic E-state index is 13.3. The van der Waals surface area contributed by atoms with Gasteiger partial charge in [0, 0.05) is 18.9 Å². The maximum atomic E-state index is 13.3. The summed E-state index contributed by atoms with van der Waals surface area (Å²) < 4.78 is 15.6. The van der Waals surface area contributed by atoms with Gasteiger partial charge in [-0.25, -0.2) is 0 Å². The van der Waals surface area contributed by atoms with Crippen LogP contribution in [0.5, 0.6) is 0 Å². The second-order valence-corrected chi connectivity index (χ2v) is 10.1. The predicted octanol–water partition coefficient (Wildman–Crippen LogP) is 2.52. The maximum Gasteiger partial charge on any atom is 0.274 e. The smallest absolute Gasteiger partial charge is 0.274 e. The molecular weight excluding hydrogens is 464 g/mol. The molecule has 1 saturated heterocycles. The molecular formula is C26H42N4O6. The Morgan fingerprint density at radius 3 is 2.33 bits per heavy atom. The minimum absolute atomic E-state index is 0.0113. The quantitative estimate of drug-likeness (QED) is 0.309. The molecule has 1 aliphatic rings. The largest absolute Gasteiger partial charge is 0.382 e. The lowest BCUT2D eigenvalue weighted by Crippen LogP contribution is -2.55. The molecule has 2 heterocycles. The summed E-state index contributed by atoms with van der Waals surface area (Å²) >= 11 is 0. The molecule has 2 amide bonds. The first-order valence-corrected chi connectivity index (χ1v) is 12.6. The first-order chi connectivity index (χ1) is 16.9. The molecule has 0 bridgehead atoms. The molecule has 1 fully saturated rings. The van der Waals surface area contributed by atoms with Crippen molar-refractivity contribution in [3.05, 3.63) is 29.3 Å². The van der Waals surface area contributed by atoms with E-state index >= 15 is 0 Å². The number of carbonyl (C=O) groups is 3. The molecule has 0 aliphatic carbocycles. The number of nitrogens with zero attached hydrogens (tertiary/aromatic N) is 1. The molecule has 1 aromatic heterocycles. The molecule has 1 aromatic rings. The first kappa shape index (κ1) is 29.5. The van der Waals surface area contributed by atoms with Crippen LogP contribution in [0.3, 0.4) is 0 Å². The van der Waals surface area contributed by atoms with E-state index in [4.69, 9.17) is 14.0 Å². The standard InChI is InChI=1S/C26H42N4O6/c1-9-16(5)22(18(10-2)27-19(11-15(3)4)23(31)26(7)14-35-26)29-25(33)21(13-34-8)28-24(32)20-12-17(6)36-30-20/h10,12,15-16,19,21-22,27H,9,11,13-14H2,1-8H3,(H,28,32)(H,29,33)/t16?,19-,21-,22-,26?/m0/s1. The van der Waals surface area contributed by atoms with Crippen LogP contribution >= 0.6 is 0 Å². The summed E-state index contributed by atoms with van der Waals surface area (Å²) in [6.07, 6.45) is 3.30. The highest BCUT2D eigenvalue weighted by molar-refractivity contribution is 5.96. The number of aryl methyl sites for hydroxylation is 1. The lowest BCUT2D eigenvalue weighted by molar-refractivity contribution is -0.125. The molecule has 10 heteroatoms. The van der Waals surface area contributed by atoms with Crippen LogP contribution in [0.25, 0.3) is 0 Å². The van der Waals surface area contributed by atoms with Gasteiger partial charge in [0.15, 0.2) is 11.5 Å². The Bertz CT molecular complexity index is 937. The fourth-order valence-electron chi connectivity index (χ4n) is 3.95. The third-order valence-electron chi connectivity index (χ3n) is 6.44. The van der Waals surface area contributed by atoms with Crippen molar-refractivity contribution in [2.45, 2.75) is 85.0 Å². The number of hydrogen-bond acceptors (Lipinski definition) is 8. The minimum Gasteiger partial charge on any atom is -0.382 e. The predicted molar refractivity (Wildman–Crippen MR) is 135 cm³/mol. The van der Waals surface area contributed by atoms with E-state index in [-0.39, 0.29) is 29.9 Å². The molecule has 0 saturated carbocycles. The van der Waals surface area contributed by atoms with E-state index in [9.17, 15) is 14.4 Å². The molecule has 3 N–H and O–H groups in total. The monoisotopic (exact) mass is 506 g/mol. The van der Waals surface area contributed by atoms with Crippen LogP contribution in [-0.2, 0) is 19.1 Å². The number of methoxy groups -OCH3 is 1. The molecule has 5 atom stereocenters. The molecule has 36 heavy (non-hydrogen) atoms. The molecule has 0 spiro atoms. The number of allylic oxidation sites excluding steroid dienone is 1. The van der Waals surface area contributed by atoms with Crippen LogP contribution in [0.2, 0.25) is 0 Å². The molecule has 10 nitrogen and oxygen atoms in total. The van der Waals surface area contributed by atoms with Gasteiger partial charge in [-0.3, -0.25) is 14.4 Å². The van der Waals surface area contributed by atoms with Crippen molar-refractivity contribution in [1.29, 1.82) is 0 Å². The van der Waals surface area contributed by atoms with Gasteiger partial charge >= 0.3 is 0 Å². The Kier molecular flexibility index (Phi) is 10.7. The van der Waals surface area contributed by atoms with Crippen molar-refractivity contribution in [2.24, 2.45) is 11.8 Å². The highest BCUT2D eigenvalue weighted by atomic mass is 16.6. The molecule has 2 rings (SSSR count). The first-order valence-electron chi connectivity index (χ1n) is 12.6. The third kappa shape index (κ3) is 7.89. The van der Waals surface area contributed by atoms with Crippen molar-refractivity contribution in [3.8, 4) is 0 Å². The van der Waals surface area contributed by atoms with Crippen molar-refractivity contribution >= 4 is 17.6 Å². The summed E-state index contributed by atoms with van der Waals surface area (Å²) in [4.78, 5) is 39.1. The molecule has 0 radical (unpaired) electrons. The summed E-state index contributed by atoms with van der Waals surface area (Å²) in [5, 5.41) is 12.9. The fourth-order valence-corrected chi connectivity index (χ4v) is 3.95. The summed E-state index contributed by atoms with van der Waals surface area (Å²) in [6, 6.07) is -0.307. The highest BCUT2D eigenvalue weighted by Gasteiger charge is 2.50. The van der Waals surface area contributed by atoms with Crippen molar-refractivity contribution in [2.75, 3.05) is 20.3 Å². The van der Waals surface area contributed by atoms with Crippen molar-refractivity contribution in [3.63, 3.8) is 0 Å². The number of rotatable bonds is 15. The second kappa shape index (κ2) is 13.0. The van der Waals surface area contributed by atoms with Gasteiger partial charge in [-0.1, -0.05) is 45.3 Å². The average molecular weight is 507 g/mol. The van der Waals surface area contributed by atoms with E-state index in [1.165, 1.54) is 13.2 Å². The van der Waals surface area contributed by atoms with Gasteiger partial charge in [0.1, 0.15) is 17.4 Å². The van der Waals surface area contributed by atoms with Crippen LogP contribution in [0.15, 0.2) is 22.4 Å². The van der Waals surface area contributed by atoms with Crippen LogP contribution in [-0.4, -0.2) is 66.8 Å². The topological polar surface area (TPSA) is 135 Å². The zero-order valence-electron chi connectivity index (χ0n) is 22.8. The van der Waals surface area contributed by atoms with Crippen LogP contribution in [0.1, 0.15) is 70.6 Å². The van der Waals surface area contributed by atoms with E-state index in [1.807, 2.05) is 33.8 Å². The van der Waals surface area contributed by atoms with Gasteiger partial charge in [0.2, 0.25) is 5.91 Å². The van der Waals surface area contributed by atoms with Gasteiger partial charge < -0.3 is 29.9 Å². The molecule has 2 unspecified atom stereocenters.